The molecule has 1 aromatic carbocycles. The number of hydrogen-bond donors (Lipinski definition) is 1. The summed E-state index contributed by atoms with van der Waals surface area (Å²) in [5.74, 6) is 0.0627. The fraction of sp³-hybridized carbons (Fsp3) is 0.222. The maximum Gasteiger partial charge on any atom is 0.283 e. The van der Waals surface area contributed by atoms with Gasteiger partial charge < -0.3 is 4.74 Å². The molecule has 0 aromatic heterocycles. The van der Waals surface area contributed by atoms with Crippen LogP contribution in [0.1, 0.15) is 25.3 Å². The molecule has 0 bridgehead atoms. The zero-order chi connectivity index (χ0) is 18.7. The van der Waals surface area contributed by atoms with Crippen LogP contribution in [-0.2, 0) is 4.79 Å². The van der Waals surface area contributed by atoms with Gasteiger partial charge in [-0.2, -0.15) is 15.1 Å². The molecule has 1 aromatic rings. The van der Waals surface area contributed by atoms with Crippen LogP contribution in [0.5, 0.6) is 5.75 Å². The minimum atomic E-state index is -0.476. The van der Waals surface area contributed by atoms with Gasteiger partial charge in [0.25, 0.3) is 5.91 Å². The van der Waals surface area contributed by atoms with E-state index in [1.54, 1.807) is 30.4 Å². The standard InChI is InChI=1S/C18H17ClN4O2S/c1-3-5-15-22-23-16(20)13(17(24)21-18(23)26-15)10-11-9-12(19)6-7-14(11)25-8-4-2/h4,6-7,9-10,20H,2-3,5,8H2,1H3/b13-10-,20-16?. The third-order valence-corrected chi connectivity index (χ3v) is 4.79. The predicted molar refractivity (Wildman–Crippen MR) is 107 cm³/mol. The summed E-state index contributed by atoms with van der Waals surface area (Å²) in [4.78, 5) is 16.5. The Balaban J connectivity index is 1.97. The Morgan fingerprint density at radius 2 is 2.27 bits per heavy atom. The summed E-state index contributed by atoms with van der Waals surface area (Å²) < 4.78 is 5.60. The van der Waals surface area contributed by atoms with Gasteiger partial charge in [-0.25, -0.2) is 0 Å². The van der Waals surface area contributed by atoms with Crippen LogP contribution in [0.2, 0.25) is 5.02 Å². The zero-order valence-corrected chi connectivity index (χ0v) is 15.7. The van der Waals surface area contributed by atoms with Gasteiger partial charge in [0.2, 0.25) is 5.17 Å². The molecule has 0 atom stereocenters. The highest BCUT2D eigenvalue weighted by atomic mass is 35.5. The highest BCUT2D eigenvalue weighted by Crippen LogP contribution is 2.31. The molecule has 6 nitrogen and oxygen atoms in total. The van der Waals surface area contributed by atoms with Crippen molar-refractivity contribution in [3.63, 3.8) is 0 Å². The van der Waals surface area contributed by atoms with Crippen molar-refractivity contribution in [2.24, 2.45) is 10.1 Å². The van der Waals surface area contributed by atoms with E-state index in [9.17, 15) is 4.79 Å². The number of nitrogens with zero attached hydrogens (tertiary/aromatic N) is 3. The Morgan fingerprint density at radius 3 is 3.00 bits per heavy atom. The molecular weight excluding hydrogens is 372 g/mol. The molecule has 1 amide bonds. The van der Waals surface area contributed by atoms with Gasteiger partial charge in [-0.15, -0.1) is 0 Å². The summed E-state index contributed by atoms with van der Waals surface area (Å²) >= 11 is 7.41. The first kappa shape index (κ1) is 18.4. The lowest BCUT2D eigenvalue weighted by Gasteiger charge is -2.20. The summed E-state index contributed by atoms with van der Waals surface area (Å²) in [5.41, 5.74) is 0.734. The van der Waals surface area contributed by atoms with Gasteiger partial charge in [-0.3, -0.25) is 10.2 Å². The van der Waals surface area contributed by atoms with Crippen molar-refractivity contribution in [2.75, 3.05) is 6.61 Å². The molecule has 0 unspecified atom stereocenters. The van der Waals surface area contributed by atoms with E-state index in [4.69, 9.17) is 21.7 Å². The predicted octanol–water partition coefficient (Wildman–Crippen LogP) is 4.32. The van der Waals surface area contributed by atoms with E-state index in [0.717, 1.165) is 17.9 Å². The van der Waals surface area contributed by atoms with Crippen LogP contribution in [0, 0.1) is 5.41 Å². The molecule has 0 saturated carbocycles. The number of hydrazone groups is 1. The number of halogens is 1. The summed E-state index contributed by atoms with van der Waals surface area (Å²) in [6.07, 6.45) is 4.91. The third-order valence-electron chi connectivity index (χ3n) is 3.59. The molecule has 0 radical (unpaired) electrons. The van der Waals surface area contributed by atoms with Crippen molar-refractivity contribution in [1.82, 2.24) is 5.01 Å². The van der Waals surface area contributed by atoms with Crippen LogP contribution < -0.4 is 4.74 Å². The number of hydrogen-bond acceptors (Lipinski definition) is 5. The zero-order valence-electron chi connectivity index (χ0n) is 14.2. The highest BCUT2D eigenvalue weighted by molar-refractivity contribution is 8.26. The number of rotatable bonds is 6. The van der Waals surface area contributed by atoms with Gasteiger partial charge in [0.05, 0.1) is 5.57 Å². The highest BCUT2D eigenvalue weighted by Gasteiger charge is 2.35. The van der Waals surface area contributed by atoms with E-state index in [2.05, 4.69) is 16.7 Å². The molecule has 2 aliphatic rings. The van der Waals surface area contributed by atoms with Crippen molar-refractivity contribution < 1.29 is 9.53 Å². The fourth-order valence-corrected chi connectivity index (χ4v) is 3.58. The summed E-state index contributed by atoms with van der Waals surface area (Å²) in [5, 5.41) is 16.0. The van der Waals surface area contributed by atoms with E-state index in [1.807, 2.05) is 6.92 Å². The first-order valence-corrected chi connectivity index (χ1v) is 9.25. The lowest BCUT2D eigenvalue weighted by molar-refractivity contribution is -0.114. The molecule has 2 aliphatic heterocycles. The molecule has 26 heavy (non-hydrogen) atoms. The van der Waals surface area contributed by atoms with E-state index < -0.39 is 5.91 Å². The molecule has 0 fully saturated rings. The largest absolute Gasteiger partial charge is 0.489 e. The first-order chi connectivity index (χ1) is 12.5. The number of amidine groups is 2. The van der Waals surface area contributed by atoms with Gasteiger partial charge in [0.15, 0.2) is 5.84 Å². The van der Waals surface area contributed by atoms with Crippen molar-refractivity contribution in [3.8, 4) is 5.75 Å². The lowest BCUT2D eigenvalue weighted by Crippen LogP contribution is -2.35. The number of ether oxygens (including phenoxy) is 1. The van der Waals surface area contributed by atoms with Crippen LogP contribution in [0.15, 0.2) is 46.5 Å². The average Bonchev–Trinajstić information content (AvgIpc) is 3.01. The minimum Gasteiger partial charge on any atom is -0.489 e. The monoisotopic (exact) mass is 388 g/mol. The minimum absolute atomic E-state index is 0.00625. The average molecular weight is 389 g/mol. The normalized spacial score (nSPS) is 17.9. The number of carbonyl (C=O) groups is 1. The second-order valence-electron chi connectivity index (χ2n) is 5.55. The molecule has 0 saturated heterocycles. The number of aliphatic imine (C=N–C) groups is 1. The van der Waals surface area contributed by atoms with Crippen molar-refractivity contribution in [2.45, 2.75) is 19.8 Å². The first-order valence-electron chi connectivity index (χ1n) is 8.05. The maximum absolute atomic E-state index is 12.4. The Labute approximate surface area is 160 Å². The van der Waals surface area contributed by atoms with Crippen LogP contribution >= 0.6 is 23.4 Å². The van der Waals surface area contributed by atoms with Gasteiger partial charge in [0, 0.05) is 10.6 Å². The molecule has 2 heterocycles. The van der Waals surface area contributed by atoms with E-state index in [-0.39, 0.29) is 11.4 Å². The number of fused-ring (bicyclic) bond motifs is 1. The van der Waals surface area contributed by atoms with Gasteiger partial charge in [-0.1, -0.05) is 31.2 Å². The molecule has 3 rings (SSSR count). The quantitative estimate of drug-likeness (QED) is 0.581. The molecular formula is C18H17ClN4O2S. The second kappa shape index (κ2) is 7.88. The number of amides is 1. The van der Waals surface area contributed by atoms with Gasteiger partial charge >= 0.3 is 0 Å². The van der Waals surface area contributed by atoms with Gasteiger partial charge in [0.1, 0.15) is 17.4 Å². The summed E-state index contributed by atoms with van der Waals surface area (Å²) in [6, 6.07) is 5.09. The molecule has 8 heteroatoms. The number of thioether (sulfide) groups is 1. The second-order valence-corrected chi connectivity index (χ2v) is 7.02. The van der Waals surface area contributed by atoms with Crippen LogP contribution in [0.25, 0.3) is 6.08 Å². The van der Waals surface area contributed by atoms with Crippen LogP contribution in [-0.4, -0.2) is 33.6 Å². The van der Waals surface area contributed by atoms with Crippen molar-refractivity contribution in [1.29, 1.82) is 5.41 Å². The third kappa shape index (κ3) is 3.73. The van der Waals surface area contributed by atoms with Crippen molar-refractivity contribution >= 4 is 51.4 Å². The Morgan fingerprint density at radius 1 is 1.46 bits per heavy atom. The van der Waals surface area contributed by atoms with Crippen LogP contribution in [0.4, 0.5) is 0 Å². The van der Waals surface area contributed by atoms with Crippen molar-refractivity contribution in [3.05, 3.63) is 47.0 Å². The number of nitrogens with one attached hydrogen (secondary N) is 1. The van der Waals surface area contributed by atoms with E-state index in [0.29, 0.717) is 28.1 Å². The molecule has 0 aliphatic carbocycles. The Kier molecular flexibility index (Phi) is 5.58. The summed E-state index contributed by atoms with van der Waals surface area (Å²) in [6.45, 7) is 5.99. The Bertz CT molecular complexity index is 876. The topological polar surface area (TPSA) is 78.1 Å². The van der Waals surface area contributed by atoms with Gasteiger partial charge in [-0.05, 0) is 48.9 Å². The SMILES string of the molecule is C=CCOc1ccc(Cl)cc1/C=C1/C(=N)N2N=C(CCC)SC2=NC1=O. The number of benzene rings is 1. The van der Waals surface area contributed by atoms with E-state index >= 15 is 0 Å². The maximum atomic E-state index is 12.4. The molecule has 1 N–H and O–H groups in total. The van der Waals surface area contributed by atoms with E-state index in [1.165, 1.54) is 16.8 Å². The molecule has 0 spiro atoms. The fourth-order valence-electron chi connectivity index (χ4n) is 2.41. The Hall–Kier alpha value is -2.38. The summed E-state index contributed by atoms with van der Waals surface area (Å²) in [7, 11) is 0. The smallest absolute Gasteiger partial charge is 0.283 e. The lowest BCUT2D eigenvalue weighted by atomic mass is 10.1. The number of carbonyl (C=O) groups excluding carboxylic acids is 1. The molecule has 134 valence electrons. The van der Waals surface area contributed by atoms with Crippen LogP contribution in [0.3, 0.4) is 0 Å².